The van der Waals surface area contributed by atoms with Crippen molar-refractivity contribution in [3.8, 4) is 11.5 Å². The number of nitrogens with one attached hydrogen (secondary N) is 1. The Bertz CT molecular complexity index is 770. The fraction of sp³-hybridized carbons (Fsp3) is 0.300. The van der Waals surface area contributed by atoms with Gasteiger partial charge in [-0.1, -0.05) is 18.2 Å². The summed E-state index contributed by atoms with van der Waals surface area (Å²) in [5.74, 6) is 1.13. The SMILES string of the molecule is CCOc1ccccc1/C=N/NC(=O)COc1cc(C)cc(C)c1C. The first kappa shape index (κ1) is 18.5. The minimum absolute atomic E-state index is 0.0891. The number of hydrogen-bond acceptors (Lipinski definition) is 4. The molecule has 0 aliphatic rings. The second kappa shape index (κ2) is 8.87. The molecule has 0 atom stereocenters. The van der Waals surface area contributed by atoms with E-state index in [0.717, 1.165) is 33.8 Å². The number of para-hydroxylation sites is 1. The summed E-state index contributed by atoms with van der Waals surface area (Å²) in [6, 6.07) is 11.5. The predicted octanol–water partition coefficient (Wildman–Crippen LogP) is 3.54. The Labute approximate surface area is 148 Å². The highest BCUT2D eigenvalue weighted by Crippen LogP contribution is 2.23. The average molecular weight is 340 g/mol. The molecule has 132 valence electrons. The zero-order chi connectivity index (χ0) is 18.2. The molecule has 0 aromatic heterocycles. The fourth-order valence-corrected chi connectivity index (χ4v) is 2.37. The first-order valence-corrected chi connectivity index (χ1v) is 8.25. The van der Waals surface area contributed by atoms with Crippen LogP contribution in [0.2, 0.25) is 0 Å². The van der Waals surface area contributed by atoms with Gasteiger partial charge in [0.15, 0.2) is 6.61 Å². The van der Waals surface area contributed by atoms with Gasteiger partial charge in [0.1, 0.15) is 11.5 Å². The summed E-state index contributed by atoms with van der Waals surface area (Å²) >= 11 is 0. The lowest BCUT2D eigenvalue weighted by molar-refractivity contribution is -0.123. The molecule has 0 saturated carbocycles. The molecule has 1 N–H and O–H groups in total. The number of carbonyl (C=O) groups excluding carboxylic acids is 1. The number of hydrogen-bond donors (Lipinski definition) is 1. The summed E-state index contributed by atoms with van der Waals surface area (Å²) in [6.07, 6.45) is 1.56. The largest absolute Gasteiger partial charge is 0.493 e. The van der Waals surface area contributed by atoms with Gasteiger partial charge in [-0.3, -0.25) is 4.79 Å². The topological polar surface area (TPSA) is 59.9 Å². The third-order valence-corrected chi connectivity index (χ3v) is 3.73. The summed E-state index contributed by atoms with van der Waals surface area (Å²) in [5.41, 5.74) is 6.55. The van der Waals surface area contributed by atoms with Crippen LogP contribution in [0.4, 0.5) is 0 Å². The number of carbonyl (C=O) groups is 1. The van der Waals surface area contributed by atoms with E-state index in [0.29, 0.717) is 6.61 Å². The van der Waals surface area contributed by atoms with Gasteiger partial charge in [-0.25, -0.2) is 5.43 Å². The number of aryl methyl sites for hydroxylation is 2. The molecule has 5 heteroatoms. The molecule has 0 unspecified atom stereocenters. The third kappa shape index (κ3) is 5.35. The van der Waals surface area contributed by atoms with Crippen LogP contribution in [0.1, 0.15) is 29.2 Å². The number of rotatable bonds is 7. The van der Waals surface area contributed by atoms with E-state index in [1.807, 2.05) is 58.0 Å². The zero-order valence-corrected chi connectivity index (χ0v) is 15.1. The molecule has 0 bridgehead atoms. The van der Waals surface area contributed by atoms with E-state index in [4.69, 9.17) is 9.47 Å². The Morgan fingerprint density at radius 2 is 1.88 bits per heavy atom. The van der Waals surface area contributed by atoms with Gasteiger partial charge in [-0.15, -0.1) is 0 Å². The number of nitrogens with zero attached hydrogens (tertiary/aromatic N) is 1. The number of ether oxygens (including phenoxy) is 2. The maximum atomic E-state index is 11.9. The van der Waals surface area contributed by atoms with Gasteiger partial charge < -0.3 is 9.47 Å². The number of benzene rings is 2. The highest BCUT2D eigenvalue weighted by Gasteiger charge is 2.07. The smallest absolute Gasteiger partial charge is 0.277 e. The molecule has 0 radical (unpaired) electrons. The number of hydrazone groups is 1. The molecule has 0 aliphatic heterocycles. The van der Waals surface area contributed by atoms with E-state index in [2.05, 4.69) is 16.6 Å². The van der Waals surface area contributed by atoms with E-state index >= 15 is 0 Å². The summed E-state index contributed by atoms with van der Waals surface area (Å²) in [7, 11) is 0. The van der Waals surface area contributed by atoms with Crippen molar-refractivity contribution in [1.29, 1.82) is 0 Å². The first-order chi connectivity index (χ1) is 12.0. The molecule has 5 nitrogen and oxygen atoms in total. The Morgan fingerprint density at radius 3 is 2.64 bits per heavy atom. The van der Waals surface area contributed by atoms with Crippen LogP contribution >= 0.6 is 0 Å². The van der Waals surface area contributed by atoms with Crippen molar-refractivity contribution in [3.05, 3.63) is 58.7 Å². The Hall–Kier alpha value is -2.82. The van der Waals surface area contributed by atoms with Crippen molar-refractivity contribution in [1.82, 2.24) is 5.43 Å². The van der Waals surface area contributed by atoms with Gasteiger partial charge >= 0.3 is 0 Å². The third-order valence-electron chi connectivity index (χ3n) is 3.73. The van der Waals surface area contributed by atoms with Crippen molar-refractivity contribution < 1.29 is 14.3 Å². The molecule has 2 rings (SSSR count). The Kier molecular flexibility index (Phi) is 6.57. The molecule has 0 aliphatic carbocycles. The van der Waals surface area contributed by atoms with E-state index < -0.39 is 0 Å². The van der Waals surface area contributed by atoms with E-state index in [1.54, 1.807) is 6.21 Å². The maximum Gasteiger partial charge on any atom is 0.277 e. The van der Waals surface area contributed by atoms with E-state index in [9.17, 15) is 4.79 Å². The van der Waals surface area contributed by atoms with Gasteiger partial charge in [0.25, 0.3) is 5.91 Å². The standard InChI is InChI=1S/C20H24N2O3/c1-5-24-18-9-7-6-8-17(18)12-21-22-20(23)13-25-19-11-14(2)10-15(3)16(19)4/h6-12H,5,13H2,1-4H3,(H,22,23)/b21-12+. The maximum absolute atomic E-state index is 11.9. The van der Waals surface area contributed by atoms with Crippen LogP contribution in [-0.2, 0) is 4.79 Å². The van der Waals surface area contributed by atoms with Crippen LogP contribution in [0.25, 0.3) is 0 Å². The van der Waals surface area contributed by atoms with Gasteiger partial charge in [0.05, 0.1) is 12.8 Å². The summed E-state index contributed by atoms with van der Waals surface area (Å²) in [4.78, 5) is 11.9. The van der Waals surface area contributed by atoms with Crippen molar-refractivity contribution in [2.45, 2.75) is 27.7 Å². The van der Waals surface area contributed by atoms with Crippen LogP contribution in [0.3, 0.4) is 0 Å². The van der Waals surface area contributed by atoms with Crippen molar-refractivity contribution in [3.63, 3.8) is 0 Å². The minimum atomic E-state index is -0.316. The predicted molar refractivity (Wildman–Crippen MR) is 99.5 cm³/mol. The summed E-state index contributed by atoms with van der Waals surface area (Å²) in [6.45, 7) is 8.40. The van der Waals surface area contributed by atoms with Gasteiger partial charge in [-0.05, 0) is 62.6 Å². The van der Waals surface area contributed by atoms with Crippen LogP contribution < -0.4 is 14.9 Å². The molecule has 1 amide bonds. The molecular weight excluding hydrogens is 316 g/mol. The lowest BCUT2D eigenvalue weighted by Gasteiger charge is -2.11. The minimum Gasteiger partial charge on any atom is -0.493 e. The molecule has 2 aromatic carbocycles. The highest BCUT2D eigenvalue weighted by molar-refractivity contribution is 5.85. The van der Waals surface area contributed by atoms with Crippen molar-refractivity contribution in [2.75, 3.05) is 13.2 Å². The van der Waals surface area contributed by atoms with Gasteiger partial charge in [-0.2, -0.15) is 5.10 Å². The van der Waals surface area contributed by atoms with Crippen LogP contribution in [0, 0.1) is 20.8 Å². The molecule has 2 aromatic rings. The number of amides is 1. The van der Waals surface area contributed by atoms with Crippen molar-refractivity contribution in [2.24, 2.45) is 5.10 Å². The van der Waals surface area contributed by atoms with Crippen LogP contribution in [0.5, 0.6) is 11.5 Å². The Morgan fingerprint density at radius 1 is 1.12 bits per heavy atom. The van der Waals surface area contributed by atoms with Gasteiger partial charge in [0.2, 0.25) is 0 Å². The van der Waals surface area contributed by atoms with Crippen LogP contribution in [-0.4, -0.2) is 25.3 Å². The monoisotopic (exact) mass is 340 g/mol. The molecule has 0 fully saturated rings. The van der Waals surface area contributed by atoms with Gasteiger partial charge in [0, 0.05) is 5.56 Å². The summed E-state index contributed by atoms with van der Waals surface area (Å²) < 4.78 is 11.1. The molecular formula is C20H24N2O3. The lowest BCUT2D eigenvalue weighted by Crippen LogP contribution is -2.24. The van der Waals surface area contributed by atoms with E-state index in [1.165, 1.54) is 0 Å². The molecule has 0 spiro atoms. The first-order valence-electron chi connectivity index (χ1n) is 8.25. The average Bonchev–Trinajstić information content (AvgIpc) is 2.58. The Balaban J connectivity index is 1.91. The quantitative estimate of drug-likeness (QED) is 0.619. The summed E-state index contributed by atoms with van der Waals surface area (Å²) in [5, 5.41) is 3.97. The second-order valence-corrected chi connectivity index (χ2v) is 5.76. The lowest BCUT2D eigenvalue weighted by atomic mass is 10.1. The van der Waals surface area contributed by atoms with Crippen molar-refractivity contribution >= 4 is 12.1 Å². The molecule has 0 saturated heterocycles. The fourth-order valence-electron chi connectivity index (χ4n) is 2.37. The highest BCUT2D eigenvalue weighted by atomic mass is 16.5. The second-order valence-electron chi connectivity index (χ2n) is 5.76. The zero-order valence-electron chi connectivity index (χ0n) is 15.1. The molecule has 0 heterocycles. The van der Waals surface area contributed by atoms with E-state index in [-0.39, 0.29) is 12.5 Å². The van der Waals surface area contributed by atoms with Crippen LogP contribution in [0.15, 0.2) is 41.5 Å². The normalized spacial score (nSPS) is 10.7. The molecule has 25 heavy (non-hydrogen) atoms.